The van der Waals surface area contributed by atoms with Crippen LogP contribution in [0, 0.1) is 0 Å². The highest BCUT2D eigenvalue weighted by atomic mass is 79.9. The molecule has 0 radical (unpaired) electrons. The molecule has 1 aromatic heterocycles. The van der Waals surface area contributed by atoms with Gasteiger partial charge >= 0.3 is 0 Å². The molecule has 2 rings (SSSR count). The SMILES string of the molecule is O=C(Nc1ccc(CO)cc1)c1ccc(Br)s1. The molecule has 88 valence electrons. The normalized spacial score (nSPS) is 10.2. The molecular formula is C12H10BrNO2S. The maximum Gasteiger partial charge on any atom is 0.265 e. The minimum absolute atomic E-state index is 0.00605. The molecule has 1 aromatic carbocycles. The Balaban J connectivity index is 2.07. The lowest BCUT2D eigenvalue weighted by molar-refractivity contribution is 0.103. The zero-order chi connectivity index (χ0) is 12.3. The summed E-state index contributed by atoms with van der Waals surface area (Å²) in [6.07, 6.45) is 0. The zero-order valence-electron chi connectivity index (χ0n) is 8.81. The number of halogens is 1. The fraction of sp³-hybridized carbons (Fsp3) is 0.0833. The number of anilines is 1. The molecule has 0 bridgehead atoms. The van der Waals surface area contributed by atoms with Gasteiger partial charge in [0.2, 0.25) is 0 Å². The number of carbonyl (C=O) groups is 1. The van der Waals surface area contributed by atoms with Gasteiger partial charge in [0, 0.05) is 5.69 Å². The minimum atomic E-state index is -0.127. The third-order valence-electron chi connectivity index (χ3n) is 2.19. The van der Waals surface area contributed by atoms with Gasteiger partial charge in [0.25, 0.3) is 5.91 Å². The molecule has 3 nitrogen and oxygen atoms in total. The highest BCUT2D eigenvalue weighted by molar-refractivity contribution is 9.11. The number of rotatable bonds is 3. The van der Waals surface area contributed by atoms with Crippen LogP contribution < -0.4 is 5.32 Å². The molecule has 2 aromatic rings. The maximum absolute atomic E-state index is 11.8. The van der Waals surface area contributed by atoms with Crippen molar-refractivity contribution in [3.8, 4) is 0 Å². The standard InChI is InChI=1S/C12H10BrNO2S/c13-11-6-5-10(17-11)12(16)14-9-3-1-8(7-15)2-4-9/h1-6,15H,7H2,(H,14,16). The molecule has 0 atom stereocenters. The second kappa shape index (κ2) is 5.44. The van der Waals surface area contributed by atoms with Crippen LogP contribution in [0.15, 0.2) is 40.2 Å². The second-order valence-electron chi connectivity index (χ2n) is 3.41. The van der Waals surface area contributed by atoms with Crippen LogP contribution in [-0.4, -0.2) is 11.0 Å². The number of hydrogen-bond donors (Lipinski definition) is 2. The van der Waals surface area contributed by atoms with Crippen molar-refractivity contribution in [2.45, 2.75) is 6.61 Å². The van der Waals surface area contributed by atoms with Gasteiger partial charge in [0.1, 0.15) is 0 Å². The van der Waals surface area contributed by atoms with Crippen molar-refractivity contribution in [2.24, 2.45) is 0 Å². The van der Waals surface area contributed by atoms with Gasteiger partial charge in [-0.1, -0.05) is 12.1 Å². The topological polar surface area (TPSA) is 49.3 Å². The average Bonchev–Trinajstić information content (AvgIpc) is 2.77. The van der Waals surface area contributed by atoms with Crippen LogP contribution in [0.3, 0.4) is 0 Å². The van der Waals surface area contributed by atoms with E-state index in [0.717, 1.165) is 15.0 Å². The smallest absolute Gasteiger partial charge is 0.265 e. The van der Waals surface area contributed by atoms with Gasteiger partial charge in [-0.3, -0.25) is 4.79 Å². The average molecular weight is 312 g/mol. The molecule has 1 heterocycles. The van der Waals surface area contributed by atoms with E-state index in [0.29, 0.717) is 4.88 Å². The largest absolute Gasteiger partial charge is 0.392 e. The third-order valence-corrected chi connectivity index (χ3v) is 3.81. The van der Waals surface area contributed by atoms with E-state index in [-0.39, 0.29) is 12.5 Å². The van der Waals surface area contributed by atoms with E-state index in [2.05, 4.69) is 21.2 Å². The number of hydrogen-bond acceptors (Lipinski definition) is 3. The van der Waals surface area contributed by atoms with Crippen molar-refractivity contribution in [3.05, 3.63) is 50.6 Å². The van der Waals surface area contributed by atoms with Crippen molar-refractivity contribution < 1.29 is 9.90 Å². The molecule has 0 unspecified atom stereocenters. The highest BCUT2D eigenvalue weighted by Crippen LogP contribution is 2.23. The Morgan fingerprint density at radius 1 is 1.24 bits per heavy atom. The Labute approximate surface area is 111 Å². The summed E-state index contributed by atoms with van der Waals surface area (Å²) >= 11 is 4.70. The van der Waals surface area contributed by atoms with Gasteiger partial charge in [-0.05, 0) is 45.8 Å². The van der Waals surface area contributed by atoms with E-state index in [9.17, 15) is 4.79 Å². The first-order valence-corrected chi connectivity index (χ1v) is 6.56. The fourth-order valence-corrected chi connectivity index (χ4v) is 2.60. The van der Waals surface area contributed by atoms with Crippen LogP contribution in [0.5, 0.6) is 0 Å². The minimum Gasteiger partial charge on any atom is -0.392 e. The molecule has 0 aliphatic heterocycles. The summed E-state index contributed by atoms with van der Waals surface area (Å²) in [5.74, 6) is -0.127. The molecule has 0 saturated carbocycles. The van der Waals surface area contributed by atoms with E-state index < -0.39 is 0 Å². The first kappa shape index (κ1) is 12.3. The summed E-state index contributed by atoms with van der Waals surface area (Å²) in [5, 5.41) is 11.7. The first-order chi connectivity index (χ1) is 8.19. The third kappa shape index (κ3) is 3.15. The van der Waals surface area contributed by atoms with Crippen LogP contribution in [0.1, 0.15) is 15.2 Å². The summed E-state index contributed by atoms with van der Waals surface area (Å²) in [6.45, 7) is 0.00605. The molecule has 1 amide bonds. The lowest BCUT2D eigenvalue weighted by Crippen LogP contribution is -2.09. The monoisotopic (exact) mass is 311 g/mol. The van der Waals surface area contributed by atoms with E-state index >= 15 is 0 Å². The van der Waals surface area contributed by atoms with Crippen LogP contribution in [0.4, 0.5) is 5.69 Å². The number of aliphatic hydroxyl groups is 1. The van der Waals surface area contributed by atoms with E-state index in [1.54, 1.807) is 30.3 Å². The van der Waals surface area contributed by atoms with Gasteiger partial charge in [0.15, 0.2) is 0 Å². The zero-order valence-corrected chi connectivity index (χ0v) is 11.2. The number of benzene rings is 1. The number of amides is 1. The number of thiophene rings is 1. The Hall–Kier alpha value is -1.17. The van der Waals surface area contributed by atoms with E-state index in [1.165, 1.54) is 11.3 Å². The Bertz CT molecular complexity index is 522. The van der Waals surface area contributed by atoms with Crippen LogP contribution in [-0.2, 0) is 6.61 Å². The predicted molar refractivity (Wildman–Crippen MR) is 72.3 cm³/mol. The molecule has 0 aliphatic carbocycles. The summed E-state index contributed by atoms with van der Waals surface area (Å²) in [4.78, 5) is 12.5. The van der Waals surface area contributed by atoms with Crippen molar-refractivity contribution in [2.75, 3.05) is 5.32 Å². The Morgan fingerprint density at radius 2 is 1.94 bits per heavy atom. The molecule has 0 aliphatic rings. The van der Waals surface area contributed by atoms with Crippen molar-refractivity contribution in [1.82, 2.24) is 0 Å². The molecule has 17 heavy (non-hydrogen) atoms. The number of nitrogens with one attached hydrogen (secondary N) is 1. The van der Waals surface area contributed by atoms with E-state index in [1.807, 2.05) is 6.07 Å². The summed E-state index contributed by atoms with van der Waals surface area (Å²) in [6, 6.07) is 10.7. The van der Waals surface area contributed by atoms with Crippen molar-refractivity contribution >= 4 is 38.9 Å². The Morgan fingerprint density at radius 3 is 2.47 bits per heavy atom. The van der Waals surface area contributed by atoms with Crippen molar-refractivity contribution in [3.63, 3.8) is 0 Å². The van der Waals surface area contributed by atoms with Crippen LogP contribution in [0.2, 0.25) is 0 Å². The van der Waals surface area contributed by atoms with Crippen LogP contribution >= 0.6 is 27.3 Å². The summed E-state index contributed by atoms with van der Waals surface area (Å²) < 4.78 is 0.929. The lowest BCUT2D eigenvalue weighted by Gasteiger charge is -2.04. The molecule has 0 fully saturated rings. The second-order valence-corrected chi connectivity index (χ2v) is 5.88. The first-order valence-electron chi connectivity index (χ1n) is 4.95. The number of aliphatic hydroxyl groups excluding tert-OH is 1. The number of carbonyl (C=O) groups excluding carboxylic acids is 1. The van der Waals surface area contributed by atoms with Gasteiger partial charge in [-0.2, -0.15) is 0 Å². The van der Waals surface area contributed by atoms with Crippen molar-refractivity contribution in [1.29, 1.82) is 0 Å². The highest BCUT2D eigenvalue weighted by Gasteiger charge is 2.08. The molecule has 5 heteroatoms. The maximum atomic E-state index is 11.8. The summed E-state index contributed by atoms with van der Waals surface area (Å²) in [7, 11) is 0. The van der Waals surface area contributed by atoms with Gasteiger partial charge in [-0.15, -0.1) is 11.3 Å². The molecule has 2 N–H and O–H groups in total. The quantitative estimate of drug-likeness (QED) is 0.914. The van der Waals surface area contributed by atoms with Gasteiger partial charge < -0.3 is 10.4 Å². The molecule has 0 spiro atoms. The van der Waals surface area contributed by atoms with Gasteiger partial charge in [-0.25, -0.2) is 0 Å². The van der Waals surface area contributed by atoms with E-state index in [4.69, 9.17) is 5.11 Å². The predicted octanol–water partition coefficient (Wildman–Crippen LogP) is 3.26. The fourth-order valence-electron chi connectivity index (χ4n) is 1.32. The lowest BCUT2D eigenvalue weighted by atomic mass is 10.2. The van der Waals surface area contributed by atoms with Gasteiger partial charge in [0.05, 0.1) is 15.3 Å². The Kier molecular flexibility index (Phi) is 3.93. The summed E-state index contributed by atoms with van der Waals surface area (Å²) in [5.41, 5.74) is 1.54. The molecular weight excluding hydrogens is 302 g/mol. The van der Waals surface area contributed by atoms with Crippen LogP contribution in [0.25, 0.3) is 0 Å². The molecule has 0 saturated heterocycles.